The molecule has 6 heteroatoms. The van der Waals surface area contributed by atoms with Crippen molar-refractivity contribution in [2.45, 2.75) is 26.2 Å². The SMILES string of the molecule is Cc1nc(CC(=O)C2CC2)cc2n[nH]c(=O)n12. The number of aromatic amines is 1. The number of carbonyl (C=O) groups excluding carboxylic acids is 1. The molecule has 2 aromatic heterocycles. The minimum atomic E-state index is -0.301. The first-order valence-electron chi connectivity index (χ1n) is 5.61. The molecule has 0 saturated heterocycles. The second-order valence-electron chi connectivity index (χ2n) is 4.43. The summed E-state index contributed by atoms with van der Waals surface area (Å²) in [7, 11) is 0. The number of carbonyl (C=O) groups is 1. The molecule has 0 amide bonds. The number of aryl methyl sites for hydroxylation is 1. The van der Waals surface area contributed by atoms with Crippen LogP contribution in [0.5, 0.6) is 0 Å². The largest absolute Gasteiger partial charge is 0.349 e. The minimum Gasteiger partial charge on any atom is -0.299 e. The van der Waals surface area contributed by atoms with Crippen molar-refractivity contribution in [1.29, 1.82) is 0 Å². The predicted molar refractivity (Wildman–Crippen MR) is 59.8 cm³/mol. The summed E-state index contributed by atoms with van der Waals surface area (Å²) in [4.78, 5) is 27.3. The van der Waals surface area contributed by atoms with Gasteiger partial charge in [0.2, 0.25) is 0 Å². The summed E-state index contributed by atoms with van der Waals surface area (Å²) in [6, 6.07) is 1.69. The number of fused-ring (bicyclic) bond motifs is 1. The highest BCUT2D eigenvalue weighted by Gasteiger charge is 2.29. The highest BCUT2D eigenvalue weighted by Crippen LogP contribution is 2.30. The van der Waals surface area contributed by atoms with Crippen molar-refractivity contribution in [1.82, 2.24) is 19.6 Å². The summed E-state index contributed by atoms with van der Waals surface area (Å²) in [5.41, 5.74) is 0.900. The van der Waals surface area contributed by atoms with Gasteiger partial charge in [-0.3, -0.25) is 4.79 Å². The van der Waals surface area contributed by atoms with Crippen LogP contribution >= 0.6 is 0 Å². The molecule has 2 aromatic rings. The molecule has 0 spiro atoms. The third-order valence-corrected chi connectivity index (χ3v) is 3.01. The van der Waals surface area contributed by atoms with Crippen molar-refractivity contribution in [2.24, 2.45) is 5.92 Å². The fourth-order valence-electron chi connectivity index (χ4n) is 1.98. The van der Waals surface area contributed by atoms with E-state index in [-0.39, 0.29) is 17.4 Å². The number of ketones is 1. The lowest BCUT2D eigenvalue weighted by Gasteiger charge is -2.02. The fourth-order valence-corrected chi connectivity index (χ4v) is 1.98. The Labute approximate surface area is 96.7 Å². The van der Waals surface area contributed by atoms with E-state index in [0.717, 1.165) is 12.8 Å². The first-order chi connectivity index (χ1) is 8.15. The van der Waals surface area contributed by atoms with E-state index in [9.17, 15) is 9.59 Å². The summed E-state index contributed by atoms with van der Waals surface area (Å²) in [5.74, 6) is 1.02. The lowest BCUT2D eigenvalue weighted by molar-refractivity contribution is -0.119. The average molecular weight is 232 g/mol. The zero-order valence-electron chi connectivity index (χ0n) is 9.43. The Balaban J connectivity index is 2.00. The molecule has 0 aromatic carbocycles. The molecule has 0 bridgehead atoms. The van der Waals surface area contributed by atoms with Gasteiger partial charge in [-0.1, -0.05) is 0 Å². The van der Waals surface area contributed by atoms with Crippen molar-refractivity contribution < 1.29 is 4.79 Å². The van der Waals surface area contributed by atoms with Gasteiger partial charge in [0.25, 0.3) is 0 Å². The summed E-state index contributed by atoms with van der Waals surface area (Å²) in [5, 5.41) is 6.25. The lowest BCUT2D eigenvalue weighted by Crippen LogP contribution is -2.15. The van der Waals surface area contributed by atoms with Gasteiger partial charge in [-0.05, 0) is 19.8 Å². The first-order valence-corrected chi connectivity index (χ1v) is 5.61. The van der Waals surface area contributed by atoms with Crippen LogP contribution in [0.1, 0.15) is 24.4 Å². The van der Waals surface area contributed by atoms with Crippen LogP contribution in [0.4, 0.5) is 0 Å². The van der Waals surface area contributed by atoms with E-state index in [0.29, 0.717) is 23.6 Å². The summed E-state index contributed by atoms with van der Waals surface area (Å²) >= 11 is 0. The van der Waals surface area contributed by atoms with Crippen LogP contribution in [0.2, 0.25) is 0 Å². The van der Waals surface area contributed by atoms with E-state index in [1.54, 1.807) is 13.0 Å². The molecule has 6 nitrogen and oxygen atoms in total. The molecule has 1 fully saturated rings. The number of rotatable bonds is 3. The van der Waals surface area contributed by atoms with E-state index in [1.165, 1.54) is 4.40 Å². The van der Waals surface area contributed by atoms with Crippen LogP contribution in [0.3, 0.4) is 0 Å². The Hall–Kier alpha value is -1.98. The van der Waals surface area contributed by atoms with Gasteiger partial charge in [0.05, 0.1) is 5.69 Å². The molecule has 0 unspecified atom stereocenters. The van der Waals surface area contributed by atoms with Gasteiger partial charge >= 0.3 is 5.69 Å². The average Bonchev–Trinajstić information content (AvgIpc) is 3.04. The standard InChI is InChI=1S/C11H12N4O2/c1-6-12-8(4-9(16)7-2-3-7)5-10-13-14-11(17)15(6)10/h5,7H,2-4H2,1H3,(H,14,17). The van der Waals surface area contributed by atoms with Crippen LogP contribution in [0.15, 0.2) is 10.9 Å². The van der Waals surface area contributed by atoms with Crippen LogP contribution in [-0.4, -0.2) is 25.4 Å². The monoisotopic (exact) mass is 232 g/mol. The minimum absolute atomic E-state index is 0.231. The third-order valence-electron chi connectivity index (χ3n) is 3.01. The Morgan fingerprint density at radius 2 is 2.35 bits per heavy atom. The molecule has 1 aliphatic rings. The van der Waals surface area contributed by atoms with Crippen LogP contribution in [0, 0.1) is 12.8 Å². The van der Waals surface area contributed by atoms with Crippen molar-refractivity contribution in [3.63, 3.8) is 0 Å². The van der Waals surface area contributed by atoms with Crippen LogP contribution < -0.4 is 5.69 Å². The van der Waals surface area contributed by atoms with Crippen LogP contribution in [-0.2, 0) is 11.2 Å². The number of H-pyrrole nitrogens is 1. The topological polar surface area (TPSA) is 80.1 Å². The van der Waals surface area contributed by atoms with E-state index in [1.807, 2.05) is 0 Å². The molecule has 0 atom stereocenters. The summed E-state index contributed by atoms with van der Waals surface area (Å²) < 4.78 is 1.39. The molecule has 1 aliphatic carbocycles. The number of hydrogen-bond acceptors (Lipinski definition) is 4. The number of nitrogens with one attached hydrogen (secondary N) is 1. The molecule has 17 heavy (non-hydrogen) atoms. The number of aromatic nitrogens is 4. The van der Waals surface area contributed by atoms with Crippen molar-refractivity contribution in [3.05, 3.63) is 28.1 Å². The zero-order valence-corrected chi connectivity index (χ0v) is 9.43. The van der Waals surface area contributed by atoms with Gasteiger partial charge in [0.15, 0.2) is 5.65 Å². The Morgan fingerprint density at radius 1 is 1.59 bits per heavy atom. The molecule has 0 radical (unpaired) electrons. The molecule has 1 N–H and O–H groups in total. The zero-order chi connectivity index (χ0) is 12.0. The van der Waals surface area contributed by atoms with Gasteiger partial charge in [0, 0.05) is 18.4 Å². The highest BCUT2D eigenvalue weighted by molar-refractivity contribution is 5.85. The summed E-state index contributed by atoms with van der Waals surface area (Å²) in [6.45, 7) is 1.73. The van der Waals surface area contributed by atoms with E-state index < -0.39 is 0 Å². The third kappa shape index (κ3) is 1.75. The highest BCUT2D eigenvalue weighted by atomic mass is 16.1. The maximum atomic E-state index is 11.7. The first kappa shape index (κ1) is 10.2. The second kappa shape index (κ2) is 3.51. The van der Waals surface area contributed by atoms with E-state index in [2.05, 4.69) is 15.2 Å². The molecular weight excluding hydrogens is 220 g/mol. The normalized spacial score (nSPS) is 15.4. The van der Waals surface area contributed by atoms with Crippen molar-refractivity contribution in [3.8, 4) is 0 Å². The number of Topliss-reactive ketones (excluding diaryl/α,β-unsaturated/α-hetero) is 1. The van der Waals surface area contributed by atoms with E-state index in [4.69, 9.17) is 0 Å². The molecule has 2 heterocycles. The molecular formula is C11H12N4O2. The maximum absolute atomic E-state index is 11.7. The molecule has 0 aliphatic heterocycles. The molecule has 3 rings (SSSR count). The predicted octanol–water partition coefficient (Wildman–Crippen LogP) is 0.248. The maximum Gasteiger partial charge on any atom is 0.349 e. The van der Waals surface area contributed by atoms with Gasteiger partial charge in [-0.15, -0.1) is 0 Å². The van der Waals surface area contributed by atoms with Gasteiger partial charge < -0.3 is 0 Å². The van der Waals surface area contributed by atoms with Gasteiger partial charge in [-0.2, -0.15) is 5.10 Å². The van der Waals surface area contributed by atoms with Crippen molar-refractivity contribution in [2.75, 3.05) is 0 Å². The van der Waals surface area contributed by atoms with Gasteiger partial charge in [-0.25, -0.2) is 19.3 Å². The molecule has 88 valence electrons. The van der Waals surface area contributed by atoms with Gasteiger partial charge in [0.1, 0.15) is 11.6 Å². The lowest BCUT2D eigenvalue weighted by atomic mass is 10.1. The Morgan fingerprint density at radius 3 is 3.06 bits per heavy atom. The van der Waals surface area contributed by atoms with Crippen LogP contribution in [0.25, 0.3) is 5.65 Å². The van der Waals surface area contributed by atoms with Crippen molar-refractivity contribution >= 4 is 11.4 Å². The van der Waals surface area contributed by atoms with E-state index >= 15 is 0 Å². The number of nitrogens with zero attached hydrogens (tertiary/aromatic N) is 3. The smallest absolute Gasteiger partial charge is 0.299 e. The quantitative estimate of drug-likeness (QED) is 0.822. The fraction of sp³-hybridized carbons (Fsp3) is 0.455. The summed E-state index contributed by atoms with van der Waals surface area (Å²) in [6.07, 6.45) is 2.34. The Kier molecular flexibility index (Phi) is 2.10. The second-order valence-corrected chi connectivity index (χ2v) is 4.43. The Bertz CT molecular complexity index is 651. The number of hydrogen-bond donors (Lipinski definition) is 1. The molecule has 1 saturated carbocycles.